The number of allylic oxidation sites excluding steroid dienone is 1. The third kappa shape index (κ3) is 3.88. The van der Waals surface area contributed by atoms with Gasteiger partial charge in [-0.15, -0.1) is 0 Å². The van der Waals surface area contributed by atoms with Crippen molar-refractivity contribution in [2.24, 2.45) is 5.92 Å². The van der Waals surface area contributed by atoms with Crippen LogP contribution in [0.4, 0.5) is 0 Å². The van der Waals surface area contributed by atoms with E-state index in [2.05, 4.69) is 29.8 Å². The van der Waals surface area contributed by atoms with E-state index >= 15 is 0 Å². The lowest BCUT2D eigenvalue weighted by molar-refractivity contribution is 0.0849. The van der Waals surface area contributed by atoms with Crippen molar-refractivity contribution < 1.29 is 14.3 Å². The summed E-state index contributed by atoms with van der Waals surface area (Å²) in [5.41, 5.74) is 1.60. The monoisotopic (exact) mass is 386 g/mol. The fraction of sp³-hybridized carbons (Fsp3) is 0.250. The Morgan fingerprint density at radius 2 is 1.96 bits per heavy atom. The van der Waals surface area contributed by atoms with Gasteiger partial charge in [-0.1, -0.05) is 41.9 Å². The Morgan fingerprint density at radius 3 is 2.67 bits per heavy atom. The predicted molar refractivity (Wildman–Crippen MR) is 97.5 cm³/mol. The maximum absolute atomic E-state index is 12.4. The van der Waals surface area contributed by atoms with E-state index in [4.69, 9.17) is 9.47 Å². The van der Waals surface area contributed by atoms with Crippen molar-refractivity contribution in [1.29, 1.82) is 0 Å². The van der Waals surface area contributed by atoms with E-state index in [1.54, 1.807) is 24.5 Å². The molecule has 0 radical (unpaired) electrons. The second-order valence-electron chi connectivity index (χ2n) is 6.13. The molecule has 124 valence electrons. The quantitative estimate of drug-likeness (QED) is 0.631. The molecule has 4 heteroatoms. The molecule has 0 amide bonds. The molecule has 0 N–H and O–H groups in total. The SMILES string of the molecule is CC(C)C=COc1ccc2c(c1)OC(c1ccc(Br)cc1)CC2=O. The van der Waals surface area contributed by atoms with Gasteiger partial charge in [0.1, 0.15) is 17.6 Å². The highest BCUT2D eigenvalue weighted by Gasteiger charge is 2.27. The van der Waals surface area contributed by atoms with Gasteiger partial charge in [-0.2, -0.15) is 0 Å². The van der Waals surface area contributed by atoms with Crippen LogP contribution < -0.4 is 9.47 Å². The van der Waals surface area contributed by atoms with E-state index in [1.807, 2.05) is 30.3 Å². The van der Waals surface area contributed by atoms with E-state index in [0.717, 1.165) is 10.0 Å². The topological polar surface area (TPSA) is 35.5 Å². The molecule has 0 saturated heterocycles. The summed E-state index contributed by atoms with van der Waals surface area (Å²) in [6, 6.07) is 13.2. The molecule has 0 bridgehead atoms. The molecule has 0 aromatic heterocycles. The highest BCUT2D eigenvalue weighted by molar-refractivity contribution is 9.10. The van der Waals surface area contributed by atoms with Crippen molar-refractivity contribution in [2.45, 2.75) is 26.4 Å². The summed E-state index contributed by atoms with van der Waals surface area (Å²) in [6.45, 7) is 4.16. The highest BCUT2D eigenvalue weighted by atomic mass is 79.9. The summed E-state index contributed by atoms with van der Waals surface area (Å²) in [6.07, 6.45) is 3.72. The van der Waals surface area contributed by atoms with Crippen LogP contribution in [0, 0.1) is 5.92 Å². The Hall–Kier alpha value is -2.07. The smallest absolute Gasteiger partial charge is 0.170 e. The zero-order valence-corrected chi connectivity index (χ0v) is 15.2. The lowest BCUT2D eigenvalue weighted by Gasteiger charge is -2.25. The summed E-state index contributed by atoms with van der Waals surface area (Å²) in [5.74, 6) is 1.75. The molecule has 2 aromatic carbocycles. The molecule has 3 nitrogen and oxygen atoms in total. The predicted octanol–water partition coefficient (Wildman–Crippen LogP) is 5.70. The van der Waals surface area contributed by atoms with Crippen molar-refractivity contribution in [3.8, 4) is 11.5 Å². The fourth-order valence-corrected chi connectivity index (χ4v) is 2.78. The molecule has 1 atom stereocenters. The van der Waals surface area contributed by atoms with Crippen LogP contribution in [0.3, 0.4) is 0 Å². The van der Waals surface area contributed by atoms with Gasteiger partial charge in [-0.05, 0) is 41.8 Å². The van der Waals surface area contributed by atoms with E-state index in [0.29, 0.717) is 29.4 Å². The number of halogens is 1. The number of benzene rings is 2. The number of hydrogen-bond acceptors (Lipinski definition) is 3. The zero-order valence-electron chi connectivity index (χ0n) is 13.7. The molecule has 24 heavy (non-hydrogen) atoms. The fourth-order valence-electron chi connectivity index (χ4n) is 2.52. The Morgan fingerprint density at radius 1 is 1.21 bits per heavy atom. The van der Waals surface area contributed by atoms with Crippen molar-refractivity contribution >= 4 is 21.7 Å². The minimum absolute atomic E-state index is 0.0911. The normalized spacial score (nSPS) is 17.0. The van der Waals surface area contributed by atoms with Crippen LogP contribution in [-0.2, 0) is 0 Å². The number of carbonyl (C=O) groups excluding carboxylic acids is 1. The first-order valence-electron chi connectivity index (χ1n) is 7.95. The van der Waals surface area contributed by atoms with E-state index < -0.39 is 0 Å². The summed E-state index contributed by atoms with van der Waals surface area (Å²) in [5, 5.41) is 0. The van der Waals surface area contributed by atoms with Crippen molar-refractivity contribution in [3.05, 3.63) is 70.4 Å². The third-order valence-corrected chi connectivity index (χ3v) is 4.33. The number of ether oxygens (including phenoxy) is 2. The molecule has 1 aliphatic rings. The summed E-state index contributed by atoms with van der Waals surface area (Å²) in [7, 11) is 0. The number of fused-ring (bicyclic) bond motifs is 1. The first-order chi connectivity index (χ1) is 11.5. The molecule has 2 aromatic rings. The van der Waals surface area contributed by atoms with Crippen LogP contribution in [0.15, 0.2) is 59.3 Å². The summed E-state index contributed by atoms with van der Waals surface area (Å²) < 4.78 is 12.7. The van der Waals surface area contributed by atoms with E-state index in [9.17, 15) is 4.79 Å². The maximum Gasteiger partial charge on any atom is 0.170 e. The summed E-state index contributed by atoms with van der Waals surface area (Å²) in [4.78, 5) is 12.4. The molecular formula is C20H19BrO3. The minimum Gasteiger partial charge on any atom is -0.484 e. The standard InChI is InChI=1S/C20H19BrO3/c1-13(2)9-10-23-16-7-8-17-18(22)12-19(24-20(17)11-16)14-3-5-15(21)6-4-14/h3-11,13,19H,12H2,1-2H3. The maximum atomic E-state index is 12.4. The molecule has 0 fully saturated rings. The number of rotatable bonds is 4. The van der Waals surface area contributed by atoms with Gasteiger partial charge in [0, 0.05) is 10.5 Å². The number of hydrogen-bond donors (Lipinski definition) is 0. The molecule has 3 rings (SSSR count). The van der Waals surface area contributed by atoms with Crippen LogP contribution in [0.2, 0.25) is 0 Å². The van der Waals surface area contributed by atoms with E-state index in [1.165, 1.54) is 0 Å². The van der Waals surface area contributed by atoms with Gasteiger partial charge in [-0.3, -0.25) is 4.79 Å². The van der Waals surface area contributed by atoms with Gasteiger partial charge in [0.05, 0.1) is 18.2 Å². The molecule has 1 heterocycles. The molecule has 0 saturated carbocycles. The second kappa shape index (κ2) is 7.22. The first kappa shape index (κ1) is 16.8. The Balaban J connectivity index is 1.82. The van der Waals surface area contributed by atoms with E-state index in [-0.39, 0.29) is 11.9 Å². The second-order valence-corrected chi connectivity index (χ2v) is 7.05. The Bertz CT molecular complexity index is 763. The zero-order chi connectivity index (χ0) is 17.1. The van der Waals surface area contributed by atoms with Crippen LogP contribution in [0.25, 0.3) is 0 Å². The minimum atomic E-state index is -0.264. The number of carbonyl (C=O) groups is 1. The van der Waals surface area contributed by atoms with Gasteiger partial charge in [0.2, 0.25) is 0 Å². The third-order valence-electron chi connectivity index (χ3n) is 3.80. The molecular weight excluding hydrogens is 368 g/mol. The number of ketones is 1. The summed E-state index contributed by atoms with van der Waals surface area (Å²) >= 11 is 3.42. The van der Waals surface area contributed by atoms with Gasteiger partial charge < -0.3 is 9.47 Å². The lowest BCUT2D eigenvalue weighted by Crippen LogP contribution is -2.20. The Labute approximate surface area is 150 Å². The van der Waals surface area contributed by atoms with Crippen molar-refractivity contribution in [2.75, 3.05) is 0 Å². The van der Waals surface area contributed by atoms with Crippen LogP contribution >= 0.6 is 15.9 Å². The van der Waals surface area contributed by atoms with Gasteiger partial charge in [0.25, 0.3) is 0 Å². The average molecular weight is 387 g/mol. The Kier molecular flexibility index (Phi) is 5.05. The number of Topliss-reactive ketones (excluding diaryl/α,β-unsaturated/α-hetero) is 1. The molecule has 1 aliphatic heterocycles. The van der Waals surface area contributed by atoms with Crippen molar-refractivity contribution in [1.82, 2.24) is 0 Å². The molecule has 0 aliphatic carbocycles. The van der Waals surface area contributed by atoms with Gasteiger partial charge >= 0.3 is 0 Å². The van der Waals surface area contributed by atoms with Gasteiger partial charge in [-0.25, -0.2) is 0 Å². The largest absolute Gasteiger partial charge is 0.484 e. The lowest BCUT2D eigenvalue weighted by atomic mass is 9.96. The first-order valence-corrected chi connectivity index (χ1v) is 8.75. The van der Waals surface area contributed by atoms with Crippen LogP contribution in [0.5, 0.6) is 11.5 Å². The highest BCUT2D eigenvalue weighted by Crippen LogP contribution is 2.37. The van der Waals surface area contributed by atoms with Crippen LogP contribution in [-0.4, -0.2) is 5.78 Å². The average Bonchev–Trinajstić information content (AvgIpc) is 2.55. The molecule has 1 unspecified atom stereocenters. The van der Waals surface area contributed by atoms with Crippen molar-refractivity contribution in [3.63, 3.8) is 0 Å². The van der Waals surface area contributed by atoms with Gasteiger partial charge in [0.15, 0.2) is 5.78 Å². The molecule has 0 spiro atoms. The van der Waals surface area contributed by atoms with Crippen LogP contribution in [0.1, 0.15) is 42.3 Å².